The Balaban J connectivity index is 1.66. The van der Waals surface area contributed by atoms with Crippen LogP contribution in [0.1, 0.15) is 87.1 Å². The van der Waals surface area contributed by atoms with Gasteiger partial charge in [-0.25, -0.2) is 9.98 Å². The molecule has 2 aromatic rings. The predicted molar refractivity (Wildman–Crippen MR) is 217 cm³/mol. The number of ether oxygens (including phenoxy) is 5. The predicted octanol–water partition coefficient (Wildman–Crippen LogP) is 2.98. The van der Waals surface area contributed by atoms with Crippen LogP contribution in [0.5, 0.6) is 0 Å². The van der Waals surface area contributed by atoms with Crippen molar-refractivity contribution in [3.8, 4) is 0 Å². The van der Waals surface area contributed by atoms with Gasteiger partial charge in [-0.3, -0.25) is 19.5 Å². The molecule has 2 aromatic heterocycles. The van der Waals surface area contributed by atoms with Crippen LogP contribution in [0.2, 0.25) is 0 Å². The van der Waals surface area contributed by atoms with Crippen molar-refractivity contribution in [1.29, 1.82) is 0 Å². The third-order valence-electron chi connectivity index (χ3n) is 12.0. The molecule has 5 heterocycles. The van der Waals surface area contributed by atoms with Crippen molar-refractivity contribution in [2.24, 2.45) is 33.8 Å². The number of ketones is 1. The number of nitrogens with zero attached hydrogens (tertiary/aromatic N) is 5. The number of pyridine rings is 1. The first-order chi connectivity index (χ1) is 27.7. The van der Waals surface area contributed by atoms with E-state index in [0.717, 1.165) is 0 Å². The van der Waals surface area contributed by atoms with Gasteiger partial charge in [-0.1, -0.05) is 32.9 Å². The van der Waals surface area contributed by atoms with Crippen molar-refractivity contribution in [3.05, 3.63) is 17.8 Å². The summed E-state index contributed by atoms with van der Waals surface area (Å²) in [6.07, 6.45) is -3.63. The van der Waals surface area contributed by atoms with Crippen LogP contribution in [0.25, 0.3) is 11.0 Å². The van der Waals surface area contributed by atoms with Crippen molar-refractivity contribution in [2.75, 3.05) is 33.0 Å². The number of rotatable bonds is 7. The maximum absolute atomic E-state index is 14.5. The molecule has 13 atom stereocenters. The van der Waals surface area contributed by atoms with Crippen LogP contribution in [-0.4, -0.2) is 141 Å². The monoisotopic (exact) mass is 829 g/mol. The third kappa shape index (κ3) is 10.2. The molecule has 1 amide bonds. The van der Waals surface area contributed by atoms with Crippen LogP contribution in [0.15, 0.2) is 22.4 Å². The van der Waals surface area contributed by atoms with Crippen LogP contribution in [-0.2, 0) is 49.5 Å². The Bertz CT molecular complexity index is 1880. The number of nitrogen functional groups attached to an aromatic ring is 1. The zero-order valence-corrected chi connectivity index (χ0v) is 36.1. The number of carbonyl (C=O) groups excluding carboxylic acids is 3. The molecule has 0 unspecified atom stereocenters. The first kappa shape index (κ1) is 46.2. The lowest BCUT2D eigenvalue weighted by atomic mass is 9.73. The number of hydrogen-bond donors (Lipinski definition) is 4. The van der Waals surface area contributed by atoms with E-state index in [1.54, 1.807) is 40.0 Å². The summed E-state index contributed by atoms with van der Waals surface area (Å²) in [6.45, 7) is 14.6. The molecule has 5 N–H and O–H groups in total. The van der Waals surface area contributed by atoms with Gasteiger partial charge in [0, 0.05) is 42.3 Å². The van der Waals surface area contributed by atoms with Crippen LogP contribution in [0.3, 0.4) is 0 Å². The van der Waals surface area contributed by atoms with Crippen molar-refractivity contribution in [1.82, 2.24) is 20.1 Å². The van der Waals surface area contributed by atoms with E-state index in [-0.39, 0.29) is 50.5 Å². The number of aromatic nitrogens is 3. The number of carbonyl (C=O) groups is 3. The molecular formula is C41H63N7O11. The third-order valence-corrected chi connectivity index (χ3v) is 12.0. The number of hydrogen-bond acceptors (Lipinski definition) is 16. The van der Waals surface area contributed by atoms with E-state index in [2.05, 4.69) is 25.3 Å². The smallest absolute Gasteiger partial charge is 0.316 e. The molecule has 3 aliphatic rings. The van der Waals surface area contributed by atoms with Crippen molar-refractivity contribution in [2.45, 2.75) is 142 Å². The summed E-state index contributed by atoms with van der Waals surface area (Å²) < 4.78 is 32.4. The van der Waals surface area contributed by atoms with Gasteiger partial charge >= 0.3 is 5.97 Å². The van der Waals surface area contributed by atoms with Gasteiger partial charge in [0.25, 0.3) is 0 Å². The Kier molecular flexibility index (Phi) is 14.7. The number of likely N-dealkylation sites (N-methyl/N-ethyl adjacent to an activating group) is 1. The highest BCUT2D eigenvalue weighted by Gasteiger charge is 2.53. The van der Waals surface area contributed by atoms with Crippen LogP contribution < -0.4 is 5.73 Å². The van der Waals surface area contributed by atoms with E-state index in [0.29, 0.717) is 34.5 Å². The van der Waals surface area contributed by atoms with Crippen molar-refractivity contribution >= 4 is 45.9 Å². The van der Waals surface area contributed by atoms with Crippen molar-refractivity contribution < 1.29 is 53.1 Å². The minimum atomic E-state index is -1.87. The fourth-order valence-corrected chi connectivity index (χ4v) is 8.84. The van der Waals surface area contributed by atoms with Gasteiger partial charge in [-0.2, -0.15) is 5.10 Å². The van der Waals surface area contributed by atoms with Gasteiger partial charge < -0.3 is 49.4 Å². The summed E-state index contributed by atoms with van der Waals surface area (Å²) in [4.78, 5) is 57.8. The van der Waals surface area contributed by atoms with Crippen LogP contribution in [0, 0.1) is 23.7 Å². The fourth-order valence-electron chi connectivity index (χ4n) is 8.84. The fraction of sp³-hybridized carbons (Fsp3) is 0.732. The molecule has 3 saturated heterocycles. The molecule has 3 fully saturated rings. The number of cyclic esters (lactones) is 1. The number of aliphatic imine (C=N–C) groups is 1. The average molecular weight is 830 g/mol. The Morgan fingerprint density at radius 2 is 1.85 bits per heavy atom. The summed E-state index contributed by atoms with van der Waals surface area (Å²) >= 11 is 0. The molecular weight excluding hydrogens is 766 g/mol. The van der Waals surface area contributed by atoms with Gasteiger partial charge in [0.15, 0.2) is 17.7 Å². The molecule has 328 valence electrons. The van der Waals surface area contributed by atoms with E-state index in [4.69, 9.17) is 34.3 Å². The number of aliphatic hydroxyl groups is 2. The molecule has 18 nitrogen and oxygen atoms in total. The minimum absolute atomic E-state index is 0.0104. The number of anilines is 1. The molecule has 0 spiro atoms. The van der Waals surface area contributed by atoms with Gasteiger partial charge in [-0.05, 0) is 73.0 Å². The highest BCUT2D eigenvalue weighted by Crippen LogP contribution is 2.40. The maximum atomic E-state index is 14.5. The number of aromatic amines is 1. The molecule has 0 saturated carbocycles. The number of nitrogens with two attached hydrogens (primary N) is 1. The second kappa shape index (κ2) is 18.8. The van der Waals surface area contributed by atoms with E-state index < -0.39 is 83.2 Å². The molecule has 0 radical (unpaired) electrons. The highest BCUT2D eigenvalue weighted by molar-refractivity contribution is 6.00. The molecule has 18 heteroatoms. The zero-order valence-electron chi connectivity index (χ0n) is 36.1. The Morgan fingerprint density at radius 3 is 2.51 bits per heavy atom. The normalized spacial score (nSPS) is 38.2. The topological polar surface area (TPSA) is 243 Å². The molecule has 5 rings (SSSR count). The summed E-state index contributed by atoms with van der Waals surface area (Å²) in [6, 6.07) is 1.45. The largest absolute Gasteiger partial charge is 0.459 e. The lowest BCUT2D eigenvalue weighted by molar-refractivity contribution is -0.296. The first-order valence-electron chi connectivity index (χ1n) is 20.4. The number of amides is 1. The van der Waals surface area contributed by atoms with E-state index in [9.17, 15) is 24.6 Å². The minimum Gasteiger partial charge on any atom is -0.459 e. The second-order valence-electron chi connectivity index (χ2n) is 17.2. The number of Topliss-reactive ketones (excluding diaryl/α,β-unsaturated/α-hetero) is 1. The number of nitrogens with one attached hydrogen (secondary N) is 1. The number of H-pyrrole nitrogens is 1. The zero-order chi connectivity index (χ0) is 43.6. The van der Waals surface area contributed by atoms with Gasteiger partial charge in [0.1, 0.15) is 41.9 Å². The Hall–Kier alpha value is -3.91. The number of aliphatic hydroxyl groups excluding tert-OH is 1. The summed E-state index contributed by atoms with van der Waals surface area (Å²) in [5, 5.41) is 35.9. The standard InChI is InChI=1S/C41H63N7O11/c1-12-30-41(9,53)35-22(4)31(44-25(7)49)20(2)15-40(8,55-19-27(18-54-35)47-56-17-26-14-28-36(42)45-46-37(28)43-16-26)34(23(5)32(50)24(6)38(52)58-30)59-39-33(51)29(48(10)11)13-21(3)57-39/h14,16,20-24,29-30,33-35,39,51,53H,12-13,15,17-19H2,1-11H3,(H3,42,43,45,46)/b44-31?,47-27+/t20-,21-,22+,23+,24-,29+,30-,33-,34-,35+,39+,40-,41-/m1/s1. The molecule has 59 heavy (non-hydrogen) atoms. The van der Waals surface area contributed by atoms with Crippen LogP contribution >= 0.6 is 0 Å². The Labute approximate surface area is 345 Å². The van der Waals surface area contributed by atoms with E-state index in [1.807, 2.05) is 32.8 Å². The average Bonchev–Trinajstić information content (AvgIpc) is 3.54. The van der Waals surface area contributed by atoms with Gasteiger partial charge in [0.2, 0.25) is 5.91 Å². The Morgan fingerprint density at radius 1 is 1.14 bits per heavy atom. The quantitative estimate of drug-likeness (QED) is 0.178. The molecule has 0 aliphatic carbocycles. The first-order valence-corrected chi connectivity index (χ1v) is 20.4. The van der Waals surface area contributed by atoms with E-state index in [1.165, 1.54) is 20.8 Å². The molecule has 0 aromatic carbocycles. The number of oxime groups is 1. The summed E-state index contributed by atoms with van der Waals surface area (Å²) in [7, 11) is 3.72. The number of esters is 1. The summed E-state index contributed by atoms with van der Waals surface area (Å²) in [5.74, 6) is -5.04. The van der Waals surface area contributed by atoms with Gasteiger partial charge in [0.05, 0.1) is 42.5 Å². The number of fused-ring (bicyclic) bond motifs is 6. The SMILES string of the molecule is CC[C@H]1OC(=O)[C@H](C)C(=O)[C@H](C)[C@@H](O[C@@H]2O[C@H](C)C[C@H](N(C)C)[C@H]2O)[C@@]2(C)C[C@@H](C)C(=NC(C)=O)[C@H](C)[C@H](OC/C(=N\OCc3cnc4n[nH]c(N)c4c3)CO2)[C@]1(C)O. The maximum Gasteiger partial charge on any atom is 0.316 e. The van der Waals surface area contributed by atoms with Crippen molar-refractivity contribution in [3.63, 3.8) is 0 Å². The summed E-state index contributed by atoms with van der Waals surface area (Å²) in [5.41, 5.74) is 4.51. The lowest BCUT2D eigenvalue weighted by Crippen LogP contribution is -2.60. The lowest BCUT2D eigenvalue weighted by Gasteiger charge is -2.47. The molecule has 2 bridgehead atoms. The van der Waals surface area contributed by atoms with Gasteiger partial charge in [-0.15, -0.1) is 0 Å². The second-order valence-corrected chi connectivity index (χ2v) is 17.2. The molecule has 3 aliphatic heterocycles. The van der Waals surface area contributed by atoms with Crippen LogP contribution in [0.4, 0.5) is 5.82 Å². The highest BCUT2D eigenvalue weighted by atomic mass is 16.7. The van der Waals surface area contributed by atoms with E-state index >= 15 is 0 Å².